The van der Waals surface area contributed by atoms with E-state index in [0.29, 0.717) is 17.6 Å². The molecular formula is C21H24ClN3O2S. The van der Waals surface area contributed by atoms with Crippen LogP contribution in [0.5, 0.6) is 5.75 Å². The lowest BCUT2D eigenvalue weighted by Crippen LogP contribution is -2.14. The van der Waals surface area contributed by atoms with E-state index >= 15 is 0 Å². The molecule has 3 rings (SSSR count). The fraction of sp³-hybridized carbons (Fsp3) is 0.286. The van der Waals surface area contributed by atoms with Gasteiger partial charge in [-0.25, -0.2) is 4.98 Å². The molecule has 2 heterocycles. The minimum atomic E-state index is -0.112. The zero-order valence-electron chi connectivity index (χ0n) is 16.0. The number of carbonyl (C=O) groups excluding carboxylic acids is 1. The van der Waals surface area contributed by atoms with Gasteiger partial charge in [-0.2, -0.15) is 0 Å². The van der Waals surface area contributed by atoms with Crippen LogP contribution in [0, 0.1) is 0 Å². The Labute approximate surface area is 174 Å². The first kappa shape index (κ1) is 21.9. The molecule has 0 aliphatic rings. The van der Waals surface area contributed by atoms with Crippen LogP contribution in [-0.2, 0) is 11.2 Å². The number of halogens is 1. The zero-order chi connectivity index (χ0) is 20.2. The summed E-state index contributed by atoms with van der Waals surface area (Å²) in [6, 6.07) is 11.3. The average Bonchev–Trinajstić information content (AvgIpc) is 3.19. The van der Waals surface area contributed by atoms with Crippen molar-refractivity contribution in [2.24, 2.45) is 0 Å². The quantitative estimate of drug-likeness (QED) is 0.392. The van der Waals surface area contributed by atoms with Crippen molar-refractivity contribution in [3.05, 3.63) is 59.7 Å². The maximum Gasteiger partial charge on any atom is 0.230 e. The third-order valence-corrected chi connectivity index (χ3v) is 4.56. The third kappa shape index (κ3) is 6.94. The Morgan fingerprint density at radius 2 is 2.00 bits per heavy atom. The largest absolute Gasteiger partial charge is 0.494 e. The van der Waals surface area contributed by atoms with Crippen LogP contribution in [0.1, 0.15) is 25.8 Å². The molecule has 1 amide bonds. The molecule has 0 fully saturated rings. The summed E-state index contributed by atoms with van der Waals surface area (Å²) in [5.41, 5.74) is 2.68. The molecule has 0 aliphatic heterocycles. The minimum Gasteiger partial charge on any atom is -0.494 e. The van der Waals surface area contributed by atoms with E-state index in [4.69, 9.17) is 16.3 Å². The Bertz CT molecular complexity index is 856. The van der Waals surface area contributed by atoms with Crippen molar-refractivity contribution in [3.63, 3.8) is 0 Å². The molecule has 0 saturated carbocycles. The number of thiazole rings is 1. The van der Waals surface area contributed by atoms with Gasteiger partial charge in [0.15, 0.2) is 5.13 Å². The maximum absolute atomic E-state index is 12.3. The van der Waals surface area contributed by atoms with E-state index in [1.165, 1.54) is 11.3 Å². The van der Waals surface area contributed by atoms with Crippen LogP contribution in [0.25, 0.3) is 11.3 Å². The van der Waals surface area contributed by atoms with Crippen LogP contribution in [0.4, 0.5) is 5.13 Å². The number of benzene rings is 1. The molecule has 0 saturated heterocycles. The summed E-state index contributed by atoms with van der Waals surface area (Å²) in [7, 11) is 0. The number of ether oxygens (including phenoxy) is 1. The van der Waals surface area contributed by atoms with E-state index in [9.17, 15) is 4.79 Å². The van der Waals surface area contributed by atoms with Crippen LogP contribution < -0.4 is 10.1 Å². The number of nitrogens with one attached hydrogen (secondary N) is 1. The van der Waals surface area contributed by atoms with E-state index in [-0.39, 0.29) is 12.3 Å². The summed E-state index contributed by atoms with van der Waals surface area (Å²) in [4.78, 5) is 20.7. The average molecular weight is 418 g/mol. The lowest BCUT2D eigenvalue weighted by molar-refractivity contribution is -0.115. The van der Waals surface area contributed by atoms with Crippen molar-refractivity contribution in [3.8, 4) is 17.0 Å². The first-order valence-corrected chi connectivity index (χ1v) is 10.6. The summed E-state index contributed by atoms with van der Waals surface area (Å²) < 4.78 is 5.61. The Balaban J connectivity index is 0.00000136. The lowest BCUT2D eigenvalue weighted by Gasteiger charge is -2.07. The van der Waals surface area contributed by atoms with Gasteiger partial charge in [0.2, 0.25) is 5.91 Å². The summed E-state index contributed by atoms with van der Waals surface area (Å²) in [6.45, 7) is 4.57. The van der Waals surface area contributed by atoms with Gasteiger partial charge >= 0.3 is 0 Å². The van der Waals surface area contributed by atoms with Gasteiger partial charge in [-0.05, 0) is 36.2 Å². The number of anilines is 1. The number of hydrogen-bond acceptors (Lipinski definition) is 5. The number of hydrogen-bond donors (Lipinski definition) is 1. The molecule has 148 valence electrons. The first-order chi connectivity index (χ1) is 13.7. The molecule has 3 aromatic rings. The van der Waals surface area contributed by atoms with E-state index in [1.807, 2.05) is 55.6 Å². The van der Waals surface area contributed by atoms with Crippen molar-refractivity contribution in [1.82, 2.24) is 9.97 Å². The number of nitrogens with zero attached hydrogens (tertiary/aromatic N) is 2. The standard InChI is InChI=1S/C19H18ClN3O2S.C2H6/c20-7-2-10-25-16-4-1-3-14(11-16)12-18(24)23-19-22-17(13-26-19)15-5-8-21-9-6-15;1-2/h1,3-6,8-9,11,13H,2,7,10,12H2,(H,22,23,24);1-2H3. The highest BCUT2D eigenvalue weighted by Crippen LogP contribution is 2.24. The predicted octanol–water partition coefficient (Wildman–Crippen LogP) is 5.42. The third-order valence-electron chi connectivity index (χ3n) is 3.54. The SMILES string of the molecule is CC.O=C(Cc1cccc(OCCCCl)c1)Nc1nc(-c2ccncc2)cs1. The topological polar surface area (TPSA) is 64.1 Å². The molecule has 7 heteroatoms. The molecule has 28 heavy (non-hydrogen) atoms. The van der Waals surface area contributed by atoms with Crippen LogP contribution in [-0.4, -0.2) is 28.4 Å². The van der Waals surface area contributed by atoms with Crippen LogP contribution in [0.3, 0.4) is 0 Å². The monoisotopic (exact) mass is 417 g/mol. The van der Waals surface area contributed by atoms with Crippen molar-refractivity contribution < 1.29 is 9.53 Å². The van der Waals surface area contributed by atoms with Gasteiger partial charge in [-0.3, -0.25) is 9.78 Å². The molecule has 2 aromatic heterocycles. The summed E-state index contributed by atoms with van der Waals surface area (Å²) in [6.07, 6.45) is 4.48. The summed E-state index contributed by atoms with van der Waals surface area (Å²) in [5.74, 6) is 1.20. The fourth-order valence-corrected chi connectivity index (χ4v) is 3.17. The van der Waals surface area contributed by atoms with E-state index in [0.717, 1.165) is 29.0 Å². The first-order valence-electron chi connectivity index (χ1n) is 9.18. The Morgan fingerprint density at radius 3 is 2.75 bits per heavy atom. The molecule has 1 aromatic carbocycles. The maximum atomic E-state index is 12.3. The smallest absolute Gasteiger partial charge is 0.230 e. The zero-order valence-corrected chi connectivity index (χ0v) is 17.6. The molecule has 0 spiro atoms. The van der Waals surface area contributed by atoms with Gasteiger partial charge in [-0.15, -0.1) is 22.9 Å². The number of rotatable bonds is 8. The molecule has 0 aliphatic carbocycles. The Morgan fingerprint density at radius 1 is 1.21 bits per heavy atom. The second kappa shape index (κ2) is 12.1. The minimum absolute atomic E-state index is 0.112. The molecule has 0 unspecified atom stereocenters. The van der Waals surface area contributed by atoms with E-state index < -0.39 is 0 Å². The molecule has 0 bridgehead atoms. The fourth-order valence-electron chi connectivity index (χ4n) is 2.33. The van der Waals surface area contributed by atoms with Gasteiger partial charge in [0.05, 0.1) is 18.7 Å². The highest BCUT2D eigenvalue weighted by Gasteiger charge is 2.09. The van der Waals surface area contributed by atoms with E-state index in [2.05, 4.69) is 15.3 Å². The van der Waals surface area contributed by atoms with Crippen molar-refractivity contribution >= 4 is 34.0 Å². The number of amides is 1. The van der Waals surface area contributed by atoms with Gasteiger partial charge in [0.25, 0.3) is 0 Å². The Kier molecular flexibility index (Phi) is 9.45. The normalized spacial score (nSPS) is 9.96. The molecule has 0 atom stereocenters. The van der Waals surface area contributed by atoms with Gasteiger partial charge < -0.3 is 10.1 Å². The van der Waals surface area contributed by atoms with Gasteiger partial charge in [-0.1, -0.05) is 26.0 Å². The highest BCUT2D eigenvalue weighted by atomic mass is 35.5. The van der Waals surface area contributed by atoms with Crippen LogP contribution in [0.15, 0.2) is 54.2 Å². The highest BCUT2D eigenvalue weighted by molar-refractivity contribution is 7.14. The van der Waals surface area contributed by atoms with Gasteiger partial charge in [0.1, 0.15) is 5.75 Å². The second-order valence-electron chi connectivity index (χ2n) is 5.54. The van der Waals surface area contributed by atoms with Gasteiger partial charge in [0, 0.05) is 29.2 Å². The van der Waals surface area contributed by atoms with Crippen LogP contribution >= 0.6 is 22.9 Å². The van der Waals surface area contributed by atoms with Crippen molar-refractivity contribution in [2.45, 2.75) is 26.7 Å². The number of pyridine rings is 1. The Hall–Kier alpha value is -2.44. The van der Waals surface area contributed by atoms with Crippen LogP contribution in [0.2, 0.25) is 0 Å². The number of alkyl halides is 1. The second-order valence-corrected chi connectivity index (χ2v) is 6.77. The predicted molar refractivity (Wildman–Crippen MR) is 116 cm³/mol. The van der Waals surface area contributed by atoms with Crippen molar-refractivity contribution in [2.75, 3.05) is 17.8 Å². The lowest BCUT2D eigenvalue weighted by atomic mass is 10.1. The number of aromatic nitrogens is 2. The molecule has 5 nitrogen and oxygen atoms in total. The molecule has 1 N–H and O–H groups in total. The molecule has 0 radical (unpaired) electrons. The van der Waals surface area contributed by atoms with Crippen molar-refractivity contribution in [1.29, 1.82) is 0 Å². The number of carbonyl (C=O) groups is 1. The van der Waals surface area contributed by atoms with E-state index in [1.54, 1.807) is 12.4 Å². The summed E-state index contributed by atoms with van der Waals surface area (Å²) >= 11 is 7.04. The summed E-state index contributed by atoms with van der Waals surface area (Å²) in [5, 5.41) is 5.34. The molecular weight excluding hydrogens is 394 g/mol.